The first kappa shape index (κ1) is 16.4. The first-order chi connectivity index (χ1) is 11.7. The second-order valence-corrected chi connectivity index (χ2v) is 6.75. The molecule has 124 valence electrons. The number of amides is 1. The van der Waals surface area contributed by atoms with E-state index in [-0.39, 0.29) is 5.91 Å². The van der Waals surface area contributed by atoms with Crippen molar-refractivity contribution in [1.82, 2.24) is 4.98 Å². The molecule has 0 fully saturated rings. The van der Waals surface area contributed by atoms with E-state index in [1.54, 1.807) is 18.4 Å². The molecule has 0 saturated heterocycles. The molecule has 0 aliphatic rings. The lowest BCUT2D eigenvalue weighted by Gasteiger charge is -2.13. The van der Waals surface area contributed by atoms with Crippen LogP contribution in [-0.4, -0.2) is 31.6 Å². The molecule has 24 heavy (non-hydrogen) atoms. The molecule has 0 aliphatic heterocycles. The number of hydrogen-bond acceptors (Lipinski definition) is 4. The number of carbonyl (C=O) groups excluding carboxylic acids is 1. The first-order valence-corrected chi connectivity index (χ1v) is 8.56. The number of para-hydroxylation sites is 3. The van der Waals surface area contributed by atoms with E-state index in [2.05, 4.69) is 16.4 Å². The van der Waals surface area contributed by atoms with Gasteiger partial charge in [-0.2, -0.15) is 0 Å². The monoisotopic (exact) mass is 342 g/mol. The SMILES string of the molecule is COc1ccccc1NC(=O)C[NH+](C)Cc1nc2ccccc2s1. The molecule has 3 aromatic rings. The predicted octanol–water partition coefficient (Wildman–Crippen LogP) is 1.96. The predicted molar refractivity (Wildman–Crippen MR) is 96.7 cm³/mol. The van der Waals surface area contributed by atoms with Crippen molar-refractivity contribution in [1.29, 1.82) is 0 Å². The molecule has 0 saturated carbocycles. The summed E-state index contributed by atoms with van der Waals surface area (Å²) in [5.74, 6) is 0.618. The zero-order valence-electron chi connectivity index (χ0n) is 13.7. The van der Waals surface area contributed by atoms with E-state index in [0.29, 0.717) is 18.0 Å². The topological polar surface area (TPSA) is 55.7 Å². The average molecular weight is 342 g/mol. The summed E-state index contributed by atoms with van der Waals surface area (Å²) in [4.78, 5) is 18.0. The van der Waals surface area contributed by atoms with Gasteiger partial charge in [0.15, 0.2) is 6.54 Å². The maximum absolute atomic E-state index is 12.2. The fourth-order valence-corrected chi connectivity index (χ4v) is 3.61. The largest absolute Gasteiger partial charge is 0.495 e. The zero-order valence-corrected chi connectivity index (χ0v) is 14.5. The van der Waals surface area contributed by atoms with Gasteiger partial charge in [-0.15, -0.1) is 11.3 Å². The van der Waals surface area contributed by atoms with Gasteiger partial charge in [0.2, 0.25) is 0 Å². The zero-order chi connectivity index (χ0) is 16.9. The van der Waals surface area contributed by atoms with Crippen LogP contribution in [0.1, 0.15) is 5.01 Å². The minimum absolute atomic E-state index is 0.0434. The lowest BCUT2D eigenvalue weighted by atomic mass is 10.3. The van der Waals surface area contributed by atoms with Crippen LogP contribution in [0.5, 0.6) is 5.75 Å². The molecule has 1 aromatic heterocycles. The van der Waals surface area contributed by atoms with Crippen molar-refractivity contribution in [2.45, 2.75) is 6.54 Å². The summed E-state index contributed by atoms with van der Waals surface area (Å²) in [7, 11) is 3.59. The Morgan fingerprint density at radius 3 is 2.75 bits per heavy atom. The van der Waals surface area contributed by atoms with Crippen LogP contribution in [0.2, 0.25) is 0 Å². The highest BCUT2D eigenvalue weighted by Gasteiger charge is 2.14. The molecule has 0 spiro atoms. The molecule has 5 nitrogen and oxygen atoms in total. The Hall–Kier alpha value is -2.44. The van der Waals surface area contributed by atoms with Crippen LogP contribution >= 0.6 is 11.3 Å². The number of nitrogens with zero attached hydrogens (tertiary/aromatic N) is 1. The number of rotatable bonds is 6. The fourth-order valence-electron chi connectivity index (χ4n) is 2.53. The van der Waals surface area contributed by atoms with Gasteiger partial charge < -0.3 is 15.0 Å². The highest BCUT2D eigenvalue weighted by molar-refractivity contribution is 7.18. The summed E-state index contributed by atoms with van der Waals surface area (Å²) in [5, 5.41) is 3.94. The molecule has 0 bridgehead atoms. The van der Waals surface area contributed by atoms with E-state index in [4.69, 9.17) is 4.74 Å². The van der Waals surface area contributed by atoms with Crippen molar-refractivity contribution in [2.75, 3.05) is 26.0 Å². The Morgan fingerprint density at radius 2 is 1.96 bits per heavy atom. The number of ether oxygens (including phenoxy) is 1. The van der Waals surface area contributed by atoms with Gasteiger partial charge in [0.25, 0.3) is 5.91 Å². The van der Waals surface area contributed by atoms with E-state index in [9.17, 15) is 4.79 Å². The summed E-state index contributed by atoms with van der Waals surface area (Å²) in [6.45, 7) is 1.09. The van der Waals surface area contributed by atoms with E-state index in [1.807, 2.05) is 49.5 Å². The molecule has 1 heterocycles. The fraction of sp³-hybridized carbons (Fsp3) is 0.222. The average Bonchev–Trinajstić information content (AvgIpc) is 2.97. The minimum Gasteiger partial charge on any atom is -0.495 e. The Kier molecular flexibility index (Phi) is 5.08. The maximum Gasteiger partial charge on any atom is 0.279 e. The summed E-state index contributed by atoms with van der Waals surface area (Å²) >= 11 is 1.68. The molecule has 3 rings (SSSR count). The minimum atomic E-state index is -0.0434. The standard InChI is InChI=1S/C18H19N3O2S/c1-21(12-18-20-14-8-4-6-10-16(14)24-18)11-17(22)19-13-7-3-5-9-15(13)23-2/h3-10H,11-12H2,1-2H3,(H,19,22)/p+1. The van der Waals surface area contributed by atoms with Crippen LogP contribution < -0.4 is 15.0 Å². The number of nitrogens with one attached hydrogen (secondary N) is 2. The van der Waals surface area contributed by atoms with Crippen LogP contribution in [0.3, 0.4) is 0 Å². The first-order valence-electron chi connectivity index (χ1n) is 7.74. The van der Waals surface area contributed by atoms with Gasteiger partial charge in [-0.25, -0.2) is 4.98 Å². The van der Waals surface area contributed by atoms with E-state index < -0.39 is 0 Å². The number of benzene rings is 2. The Morgan fingerprint density at radius 1 is 1.21 bits per heavy atom. The van der Waals surface area contributed by atoms with Crippen LogP contribution in [0.4, 0.5) is 5.69 Å². The summed E-state index contributed by atoms with van der Waals surface area (Å²) in [5.41, 5.74) is 1.71. The van der Waals surface area contributed by atoms with Gasteiger partial charge in [0.05, 0.1) is 30.1 Å². The number of thiazole rings is 1. The summed E-state index contributed by atoms with van der Waals surface area (Å²) in [6, 6.07) is 15.5. The summed E-state index contributed by atoms with van der Waals surface area (Å²) < 4.78 is 6.43. The molecular weight excluding hydrogens is 322 g/mol. The molecular formula is C18H20N3O2S+. The second kappa shape index (κ2) is 7.42. The number of fused-ring (bicyclic) bond motifs is 1. The lowest BCUT2D eigenvalue weighted by molar-refractivity contribution is -0.885. The van der Waals surface area contributed by atoms with Gasteiger partial charge in [-0.3, -0.25) is 4.79 Å². The number of methoxy groups -OCH3 is 1. The van der Waals surface area contributed by atoms with Crippen LogP contribution in [0.25, 0.3) is 10.2 Å². The number of likely N-dealkylation sites (N-methyl/N-ethyl adjacent to an activating group) is 1. The van der Waals surface area contributed by atoms with E-state index >= 15 is 0 Å². The number of quaternary nitrogens is 1. The maximum atomic E-state index is 12.2. The van der Waals surface area contributed by atoms with Gasteiger partial charge in [-0.05, 0) is 24.3 Å². The van der Waals surface area contributed by atoms with Crippen molar-refractivity contribution < 1.29 is 14.4 Å². The third-order valence-corrected chi connectivity index (χ3v) is 4.67. The molecule has 0 aliphatic carbocycles. The van der Waals surface area contributed by atoms with Gasteiger partial charge in [0, 0.05) is 0 Å². The van der Waals surface area contributed by atoms with Crippen LogP contribution in [0, 0.1) is 0 Å². The molecule has 1 atom stereocenters. The highest BCUT2D eigenvalue weighted by atomic mass is 32.1. The van der Waals surface area contributed by atoms with Gasteiger partial charge >= 0.3 is 0 Å². The second-order valence-electron chi connectivity index (χ2n) is 5.63. The Balaban J connectivity index is 1.59. The van der Waals surface area contributed by atoms with Crippen LogP contribution in [-0.2, 0) is 11.3 Å². The number of hydrogen-bond donors (Lipinski definition) is 2. The van der Waals surface area contributed by atoms with Gasteiger partial charge in [-0.1, -0.05) is 24.3 Å². The molecule has 6 heteroatoms. The summed E-state index contributed by atoms with van der Waals surface area (Å²) in [6.07, 6.45) is 0. The molecule has 1 amide bonds. The van der Waals surface area contributed by atoms with Crippen molar-refractivity contribution in [3.8, 4) is 5.75 Å². The van der Waals surface area contributed by atoms with Crippen molar-refractivity contribution >= 4 is 33.1 Å². The highest BCUT2D eigenvalue weighted by Crippen LogP contribution is 2.23. The number of aromatic nitrogens is 1. The normalized spacial score (nSPS) is 12.1. The molecule has 0 radical (unpaired) electrons. The quantitative estimate of drug-likeness (QED) is 0.720. The van der Waals surface area contributed by atoms with Gasteiger partial charge in [0.1, 0.15) is 17.3 Å². The smallest absolute Gasteiger partial charge is 0.279 e. The van der Waals surface area contributed by atoms with E-state index in [1.165, 1.54) is 4.70 Å². The number of anilines is 1. The Labute approximate surface area is 144 Å². The molecule has 2 N–H and O–H groups in total. The Bertz CT molecular complexity index is 814. The van der Waals surface area contributed by atoms with E-state index in [0.717, 1.165) is 22.0 Å². The third-order valence-electron chi connectivity index (χ3n) is 3.63. The third kappa shape index (κ3) is 3.90. The lowest BCUT2D eigenvalue weighted by Crippen LogP contribution is -3.08. The number of carbonyl (C=O) groups is 1. The van der Waals surface area contributed by atoms with Crippen molar-refractivity contribution in [2.24, 2.45) is 0 Å². The van der Waals surface area contributed by atoms with Crippen molar-refractivity contribution in [3.63, 3.8) is 0 Å². The van der Waals surface area contributed by atoms with Crippen molar-refractivity contribution in [3.05, 3.63) is 53.5 Å². The molecule has 1 unspecified atom stereocenters. The molecule has 2 aromatic carbocycles. The van der Waals surface area contributed by atoms with Crippen LogP contribution in [0.15, 0.2) is 48.5 Å².